The molecular weight excluding hydrogens is 424 g/mol. The van der Waals surface area contributed by atoms with Crippen molar-refractivity contribution >= 4 is 17.4 Å². The first-order valence-corrected chi connectivity index (χ1v) is 12.3. The average molecular weight is 461 g/mol. The molecule has 0 saturated heterocycles. The highest BCUT2D eigenvalue weighted by Crippen LogP contribution is 2.34. The summed E-state index contributed by atoms with van der Waals surface area (Å²) in [5, 5.41) is 7.37. The van der Waals surface area contributed by atoms with E-state index in [0.717, 1.165) is 33.5 Å². The van der Waals surface area contributed by atoms with Crippen molar-refractivity contribution in [1.29, 1.82) is 0 Å². The van der Waals surface area contributed by atoms with Crippen molar-refractivity contribution in [2.24, 2.45) is 13.0 Å². The van der Waals surface area contributed by atoms with Gasteiger partial charge in [0.15, 0.2) is 5.78 Å². The molecule has 180 valence electrons. The molecule has 1 atom stereocenters. The Bertz CT molecular complexity index is 1150. The second-order valence-corrected chi connectivity index (χ2v) is 9.92. The van der Waals surface area contributed by atoms with Crippen LogP contribution in [-0.4, -0.2) is 41.1 Å². The zero-order chi connectivity index (χ0) is 24.4. The molecule has 1 amide bonds. The van der Waals surface area contributed by atoms with Crippen LogP contribution in [0.5, 0.6) is 0 Å². The maximum atomic E-state index is 13.4. The molecule has 0 radical (unpaired) electrons. The molecule has 4 rings (SSSR count). The fourth-order valence-corrected chi connectivity index (χ4v) is 5.31. The van der Waals surface area contributed by atoms with Gasteiger partial charge in [-0.15, -0.1) is 0 Å². The second-order valence-electron chi connectivity index (χ2n) is 9.92. The molecule has 0 aliphatic heterocycles. The number of hydrogen-bond acceptors (Lipinski definition) is 4. The van der Waals surface area contributed by atoms with E-state index in [1.165, 1.54) is 32.1 Å². The molecule has 6 nitrogen and oxygen atoms in total. The zero-order valence-corrected chi connectivity index (χ0v) is 21.0. The van der Waals surface area contributed by atoms with E-state index in [9.17, 15) is 9.59 Å². The summed E-state index contributed by atoms with van der Waals surface area (Å²) in [5.41, 5.74) is 6.61. The van der Waals surface area contributed by atoms with Crippen LogP contribution < -0.4 is 10.2 Å². The monoisotopic (exact) mass is 460 g/mol. The van der Waals surface area contributed by atoms with E-state index in [2.05, 4.69) is 28.4 Å². The van der Waals surface area contributed by atoms with E-state index in [1.54, 1.807) is 10.8 Å². The van der Waals surface area contributed by atoms with Gasteiger partial charge >= 0.3 is 0 Å². The van der Waals surface area contributed by atoms with Gasteiger partial charge in [0.1, 0.15) is 0 Å². The summed E-state index contributed by atoms with van der Waals surface area (Å²) >= 11 is 0. The fourth-order valence-electron chi connectivity index (χ4n) is 5.31. The summed E-state index contributed by atoms with van der Waals surface area (Å²) in [6.07, 6.45) is 13.6. The number of hydrogen-bond donors (Lipinski definition) is 1. The lowest BCUT2D eigenvalue weighted by Gasteiger charge is -2.34. The number of rotatable bonds is 6. The Labute approximate surface area is 202 Å². The predicted octanol–water partition coefficient (Wildman–Crippen LogP) is 4.99. The van der Waals surface area contributed by atoms with Gasteiger partial charge in [0.05, 0.1) is 12.1 Å². The normalized spacial score (nSPS) is 19.0. The molecular formula is C28H36N4O2. The average Bonchev–Trinajstić information content (AvgIpc) is 3.24. The number of amides is 1. The maximum absolute atomic E-state index is 13.4. The highest BCUT2D eigenvalue weighted by atomic mass is 16.2. The first-order chi connectivity index (χ1) is 16.2. The van der Waals surface area contributed by atoms with Crippen LogP contribution in [0.3, 0.4) is 0 Å². The standard InChI is InChI=1S/C28H36N4O2/c1-18-11-19(2)25(27(33)12-18)16-29-28(34)24-13-21(22-15-30-31(4)17-22)14-26(20(24)3)32(5)23-9-7-6-8-10-23/h11-15,17,23,25H,6-10,16H2,1-5H3,(H,29,34). The van der Waals surface area contributed by atoms with Crippen molar-refractivity contribution in [3.05, 3.63) is 59.0 Å². The molecule has 34 heavy (non-hydrogen) atoms. The summed E-state index contributed by atoms with van der Waals surface area (Å²) in [4.78, 5) is 28.3. The predicted molar refractivity (Wildman–Crippen MR) is 137 cm³/mol. The summed E-state index contributed by atoms with van der Waals surface area (Å²) < 4.78 is 1.78. The molecule has 0 bridgehead atoms. The number of benzene rings is 1. The van der Waals surface area contributed by atoms with E-state index in [-0.39, 0.29) is 17.6 Å². The Morgan fingerprint density at radius 2 is 1.85 bits per heavy atom. The second kappa shape index (κ2) is 10.00. The Hall–Kier alpha value is -3.15. The molecule has 1 N–H and O–H groups in total. The summed E-state index contributed by atoms with van der Waals surface area (Å²) in [6, 6.07) is 4.62. The quantitative estimate of drug-likeness (QED) is 0.660. The minimum absolute atomic E-state index is 0.0522. The molecule has 1 fully saturated rings. The van der Waals surface area contributed by atoms with Crippen LogP contribution in [0.4, 0.5) is 5.69 Å². The van der Waals surface area contributed by atoms with Gasteiger partial charge in [-0.25, -0.2) is 0 Å². The molecule has 2 aliphatic carbocycles. The number of nitrogens with one attached hydrogen (secondary N) is 1. The number of nitrogens with zero attached hydrogens (tertiary/aromatic N) is 3. The third kappa shape index (κ3) is 5.01. The van der Waals surface area contributed by atoms with Gasteiger partial charge in [0.25, 0.3) is 5.91 Å². The number of aryl methyl sites for hydroxylation is 1. The van der Waals surface area contributed by atoms with Crippen LogP contribution >= 0.6 is 0 Å². The van der Waals surface area contributed by atoms with Crippen LogP contribution in [-0.2, 0) is 11.8 Å². The number of allylic oxidation sites excluding steroid dienone is 3. The van der Waals surface area contributed by atoms with Crippen LogP contribution in [0.15, 0.2) is 47.8 Å². The van der Waals surface area contributed by atoms with E-state index < -0.39 is 0 Å². The van der Waals surface area contributed by atoms with Crippen molar-refractivity contribution in [2.75, 3.05) is 18.5 Å². The summed E-state index contributed by atoms with van der Waals surface area (Å²) in [5.74, 6) is -0.399. The first-order valence-electron chi connectivity index (χ1n) is 12.3. The number of aromatic nitrogens is 2. The van der Waals surface area contributed by atoms with E-state index in [4.69, 9.17) is 0 Å². The molecule has 1 aromatic carbocycles. The maximum Gasteiger partial charge on any atom is 0.251 e. The van der Waals surface area contributed by atoms with Gasteiger partial charge in [-0.05, 0) is 68.5 Å². The van der Waals surface area contributed by atoms with Gasteiger partial charge in [-0.1, -0.05) is 30.9 Å². The smallest absolute Gasteiger partial charge is 0.251 e. The lowest BCUT2D eigenvalue weighted by molar-refractivity contribution is -0.117. The number of carbonyl (C=O) groups excluding carboxylic acids is 2. The molecule has 1 unspecified atom stereocenters. The van der Waals surface area contributed by atoms with E-state index >= 15 is 0 Å². The summed E-state index contributed by atoms with van der Waals surface area (Å²) in [6.45, 7) is 6.21. The molecule has 2 aliphatic rings. The molecule has 1 saturated carbocycles. The van der Waals surface area contributed by atoms with Crippen LogP contribution in [0, 0.1) is 12.8 Å². The SMILES string of the molecule is CC1=CC(=O)C(CNC(=O)c2cc(-c3cnn(C)c3)cc(N(C)C3CCCCC3)c2C)C(C)=C1. The van der Waals surface area contributed by atoms with Gasteiger partial charge < -0.3 is 10.2 Å². The molecule has 2 aromatic rings. The lowest BCUT2D eigenvalue weighted by Crippen LogP contribution is -2.36. The van der Waals surface area contributed by atoms with Crippen molar-refractivity contribution < 1.29 is 9.59 Å². The number of anilines is 1. The van der Waals surface area contributed by atoms with E-state index in [0.29, 0.717) is 18.2 Å². The topological polar surface area (TPSA) is 67.2 Å². The number of ketones is 1. The Kier molecular flexibility index (Phi) is 7.05. The van der Waals surface area contributed by atoms with Gasteiger partial charge in [-0.3, -0.25) is 14.3 Å². The fraction of sp³-hybridized carbons (Fsp3) is 0.464. The Balaban J connectivity index is 1.64. The number of carbonyl (C=O) groups is 2. The zero-order valence-electron chi connectivity index (χ0n) is 21.0. The van der Waals surface area contributed by atoms with Crippen LogP contribution in [0.25, 0.3) is 11.1 Å². The third-order valence-corrected chi connectivity index (χ3v) is 7.35. The Morgan fingerprint density at radius 3 is 2.50 bits per heavy atom. The van der Waals surface area contributed by atoms with Gasteiger partial charge in [0, 0.05) is 49.7 Å². The van der Waals surface area contributed by atoms with Crippen molar-refractivity contribution in [2.45, 2.75) is 58.9 Å². The molecule has 6 heteroatoms. The van der Waals surface area contributed by atoms with Crippen molar-refractivity contribution in [3.63, 3.8) is 0 Å². The highest BCUT2D eigenvalue weighted by Gasteiger charge is 2.25. The molecule has 1 heterocycles. The van der Waals surface area contributed by atoms with Gasteiger partial charge in [0.2, 0.25) is 0 Å². The van der Waals surface area contributed by atoms with Crippen LogP contribution in [0.2, 0.25) is 0 Å². The highest BCUT2D eigenvalue weighted by molar-refractivity contribution is 6.00. The van der Waals surface area contributed by atoms with Gasteiger partial charge in [-0.2, -0.15) is 5.10 Å². The minimum atomic E-state index is -0.307. The largest absolute Gasteiger partial charge is 0.371 e. The third-order valence-electron chi connectivity index (χ3n) is 7.35. The molecule has 0 spiro atoms. The van der Waals surface area contributed by atoms with Crippen molar-refractivity contribution in [3.8, 4) is 11.1 Å². The van der Waals surface area contributed by atoms with E-state index in [1.807, 2.05) is 52.4 Å². The first kappa shape index (κ1) is 24.0. The molecule has 1 aromatic heterocycles. The summed E-state index contributed by atoms with van der Waals surface area (Å²) in [7, 11) is 4.05. The minimum Gasteiger partial charge on any atom is -0.371 e. The lowest BCUT2D eigenvalue weighted by atomic mass is 9.88. The van der Waals surface area contributed by atoms with Crippen molar-refractivity contribution in [1.82, 2.24) is 15.1 Å². The Morgan fingerprint density at radius 1 is 1.12 bits per heavy atom. The van der Waals surface area contributed by atoms with Crippen LogP contribution in [0.1, 0.15) is 61.9 Å².